The number of nitrogen functional groups attached to an aromatic ring is 1. The van der Waals surface area contributed by atoms with E-state index in [0.717, 1.165) is 18.4 Å². The molecule has 2 rings (SSSR count). The molecule has 0 bridgehead atoms. The van der Waals surface area contributed by atoms with E-state index in [1.165, 1.54) is 5.56 Å². The van der Waals surface area contributed by atoms with Crippen molar-refractivity contribution in [3.05, 3.63) is 53.2 Å². The number of nitrogens with zero attached hydrogens (tertiary/aromatic N) is 1. The number of furan rings is 1. The van der Waals surface area contributed by atoms with Crippen LogP contribution in [0, 0.1) is 6.92 Å². The first kappa shape index (κ1) is 15.2. The number of nitrogens with two attached hydrogens (primary N) is 1. The average molecular weight is 289 g/mol. The van der Waals surface area contributed by atoms with Crippen LogP contribution in [0.25, 0.3) is 0 Å². The number of carbonyl (C=O) groups is 1. The largest absolute Gasteiger partial charge is 0.456 e. The van der Waals surface area contributed by atoms with Gasteiger partial charge in [0, 0.05) is 24.6 Å². The van der Waals surface area contributed by atoms with Crippen LogP contribution < -0.4 is 11.3 Å². The molecule has 0 fully saturated rings. The fourth-order valence-electron chi connectivity index (χ4n) is 1.96. The van der Waals surface area contributed by atoms with Gasteiger partial charge in [0.05, 0.1) is 6.61 Å². The summed E-state index contributed by atoms with van der Waals surface area (Å²) in [4.78, 5) is 15.3. The van der Waals surface area contributed by atoms with Crippen LogP contribution in [0.5, 0.6) is 0 Å². The normalized spacial score (nSPS) is 10.6. The molecule has 0 atom stereocenters. The Balaban J connectivity index is 1.74. The number of aromatic nitrogens is 1. The monoisotopic (exact) mass is 289 g/mol. The van der Waals surface area contributed by atoms with E-state index < -0.39 is 5.91 Å². The number of carbonyl (C=O) groups excluding carboxylic acids is 1. The van der Waals surface area contributed by atoms with Gasteiger partial charge in [0.15, 0.2) is 5.76 Å². The molecule has 0 spiro atoms. The SMILES string of the molecule is Cc1oc(C(=O)NN)cc1COCCCc1ccncc1. The predicted molar refractivity (Wildman–Crippen MR) is 77.3 cm³/mol. The molecule has 3 N–H and O–H groups in total. The minimum atomic E-state index is -0.443. The van der Waals surface area contributed by atoms with Crippen molar-refractivity contribution in [2.75, 3.05) is 6.61 Å². The minimum absolute atomic E-state index is 0.199. The summed E-state index contributed by atoms with van der Waals surface area (Å²) < 4.78 is 10.9. The molecule has 0 radical (unpaired) electrons. The Morgan fingerprint density at radius 1 is 1.43 bits per heavy atom. The van der Waals surface area contributed by atoms with E-state index >= 15 is 0 Å². The zero-order chi connectivity index (χ0) is 15.1. The van der Waals surface area contributed by atoms with E-state index in [-0.39, 0.29) is 5.76 Å². The molecule has 6 nitrogen and oxygen atoms in total. The fraction of sp³-hybridized carbons (Fsp3) is 0.333. The second-order valence-electron chi connectivity index (χ2n) is 4.68. The summed E-state index contributed by atoms with van der Waals surface area (Å²) in [6.07, 6.45) is 5.45. The van der Waals surface area contributed by atoms with Crippen molar-refractivity contribution in [2.45, 2.75) is 26.4 Å². The number of amides is 1. The second-order valence-corrected chi connectivity index (χ2v) is 4.68. The van der Waals surface area contributed by atoms with E-state index in [1.807, 2.05) is 17.6 Å². The van der Waals surface area contributed by atoms with E-state index in [9.17, 15) is 4.79 Å². The molecule has 0 aliphatic carbocycles. The van der Waals surface area contributed by atoms with Crippen LogP contribution >= 0.6 is 0 Å². The van der Waals surface area contributed by atoms with Crippen molar-refractivity contribution >= 4 is 5.91 Å². The van der Waals surface area contributed by atoms with Gasteiger partial charge >= 0.3 is 5.91 Å². The average Bonchev–Trinajstić information content (AvgIpc) is 2.88. The van der Waals surface area contributed by atoms with Gasteiger partial charge < -0.3 is 9.15 Å². The summed E-state index contributed by atoms with van der Waals surface area (Å²) >= 11 is 0. The van der Waals surface area contributed by atoms with E-state index in [4.69, 9.17) is 15.0 Å². The van der Waals surface area contributed by atoms with Crippen LogP contribution in [-0.2, 0) is 17.8 Å². The number of rotatable bonds is 7. The predicted octanol–water partition coefficient (Wildman–Crippen LogP) is 1.74. The fourth-order valence-corrected chi connectivity index (χ4v) is 1.96. The van der Waals surface area contributed by atoms with Gasteiger partial charge in [-0.3, -0.25) is 15.2 Å². The number of aryl methyl sites for hydroxylation is 2. The van der Waals surface area contributed by atoms with Crippen molar-refractivity contribution in [1.29, 1.82) is 0 Å². The van der Waals surface area contributed by atoms with Gasteiger partial charge in [0.1, 0.15) is 5.76 Å². The summed E-state index contributed by atoms with van der Waals surface area (Å²) in [6.45, 7) is 2.86. The Morgan fingerprint density at radius 2 is 2.19 bits per heavy atom. The number of nitrogens with one attached hydrogen (secondary N) is 1. The van der Waals surface area contributed by atoms with Gasteiger partial charge in [-0.1, -0.05) is 0 Å². The molecule has 21 heavy (non-hydrogen) atoms. The highest BCUT2D eigenvalue weighted by Gasteiger charge is 2.13. The first-order chi connectivity index (χ1) is 10.2. The maximum Gasteiger partial charge on any atom is 0.300 e. The molecule has 2 aromatic heterocycles. The maximum atomic E-state index is 11.3. The molecule has 0 aliphatic rings. The first-order valence-corrected chi connectivity index (χ1v) is 6.77. The summed E-state index contributed by atoms with van der Waals surface area (Å²) in [5, 5.41) is 0. The highest BCUT2D eigenvalue weighted by Crippen LogP contribution is 2.15. The lowest BCUT2D eigenvalue weighted by Crippen LogP contribution is -2.29. The van der Waals surface area contributed by atoms with Gasteiger partial charge in [-0.25, -0.2) is 5.84 Å². The van der Waals surface area contributed by atoms with Gasteiger partial charge in [0.25, 0.3) is 0 Å². The van der Waals surface area contributed by atoms with Crippen LogP contribution in [0.2, 0.25) is 0 Å². The minimum Gasteiger partial charge on any atom is -0.456 e. The van der Waals surface area contributed by atoms with Crippen LogP contribution in [-0.4, -0.2) is 17.5 Å². The van der Waals surface area contributed by atoms with Gasteiger partial charge in [-0.2, -0.15) is 0 Å². The highest BCUT2D eigenvalue weighted by atomic mass is 16.5. The number of hydrazine groups is 1. The summed E-state index contributed by atoms with van der Waals surface area (Å²) in [7, 11) is 0. The van der Waals surface area contributed by atoms with E-state index in [2.05, 4.69) is 4.98 Å². The standard InChI is InChI=1S/C15H19N3O3/c1-11-13(9-14(21-11)15(19)18-16)10-20-8-2-3-12-4-6-17-7-5-12/h4-7,9H,2-3,8,10,16H2,1H3,(H,18,19). The van der Waals surface area contributed by atoms with Crippen molar-refractivity contribution in [3.63, 3.8) is 0 Å². The molecule has 0 saturated heterocycles. The molecular formula is C15H19N3O3. The molecule has 1 amide bonds. The van der Waals surface area contributed by atoms with Crippen molar-refractivity contribution in [1.82, 2.24) is 10.4 Å². The van der Waals surface area contributed by atoms with Crippen molar-refractivity contribution < 1.29 is 13.9 Å². The number of ether oxygens (including phenoxy) is 1. The number of pyridine rings is 1. The van der Waals surface area contributed by atoms with Crippen molar-refractivity contribution in [3.8, 4) is 0 Å². The van der Waals surface area contributed by atoms with Crippen LogP contribution in [0.1, 0.15) is 33.9 Å². The number of hydrogen-bond donors (Lipinski definition) is 2. The smallest absolute Gasteiger partial charge is 0.300 e. The Labute approximate surface area is 123 Å². The Hall–Kier alpha value is -2.18. The number of hydrogen-bond acceptors (Lipinski definition) is 5. The lowest BCUT2D eigenvalue weighted by Gasteiger charge is -2.03. The third kappa shape index (κ3) is 4.40. The second kappa shape index (κ2) is 7.56. The lowest BCUT2D eigenvalue weighted by atomic mass is 10.1. The molecular weight excluding hydrogens is 270 g/mol. The third-order valence-electron chi connectivity index (χ3n) is 3.14. The zero-order valence-electron chi connectivity index (χ0n) is 12.0. The van der Waals surface area contributed by atoms with Crippen LogP contribution in [0.3, 0.4) is 0 Å². The molecule has 0 aromatic carbocycles. The van der Waals surface area contributed by atoms with Gasteiger partial charge in [-0.05, 0) is 43.5 Å². The summed E-state index contributed by atoms with van der Waals surface area (Å²) in [5.74, 6) is 5.49. The maximum absolute atomic E-state index is 11.3. The van der Waals surface area contributed by atoms with Crippen LogP contribution in [0.4, 0.5) is 0 Å². The lowest BCUT2D eigenvalue weighted by molar-refractivity contribution is 0.0924. The highest BCUT2D eigenvalue weighted by molar-refractivity contribution is 5.91. The third-order valence-corrected chi connectivity index (χ3v) is 3.14. The van der Waals surface area contributed by atoms with Gasteiger partial charge in [-0.15, -0.1) is 0 Å². The Morgan fingerprint density at radius 3 is 2.90 bits per heavy atom. The first-order valence-electron chi connectivity index (χ1n) is 6.77. The molecule has 0 saturated carbocycles. The molecule has 6 heteroatoms. The van der Waals surface area contributed by atoms with Gasteiger partial charge in [0.2, 0.25) is 0 Å². The zero-order valence-corrected chi connectivity index (χ0v) is 12.0. The summed E-state index contributed by atoms with van der Waals surface area (Å²) in [6, 6.07) is 5.65. The van der Waals surface area contributed by atoms with Crippen molar-refractivity contribution in [2.24, 2.45) is 5.84 Å². The quantitative estimate of drug-likeness (QED) is 0.350. The Kier molecular flexibility index (Phi) is 5.48. The molecule has 2 heterocycles. The molecule has 2 aromatic rings. The molecule has 0 aliphatic heterocycles. The van der Waals surface area contributed by atoms with Crippen LogP contribution in [0.15, 0.2) is 35.0 Å². The topological polar surface area (TPSA) is 90.4 Å². The Bertz CT molecular complexity index is 581. The van der Waals surface area contributed by atoms with E-state index in [1.54, 1.807) is 25.4 Å². The summed E-state index contributed by atoms with van der Waals surface area (Å²) in [5.41, 5.74) is 4.14. The van der Waals surface area contributed by atoms with E-state index in [0.29, 0.717) is 19.0 Å². The molecule has 112 valence electrons. The molecule has 0 unspecified atom stereocenters.